The van der Waals surface area contributed by atoms with Crippen LogP contribution in [0.25, 0.3) is 11.4 Å². The molecule has 0 aliphatic rings. The molecule has 3 rings (SSSR count). The topological polar surface area (TPSA) is 71.9 Å². The Kier molecular flexibility index (Phi) is 6.49. The number of halogens is 1. The third kappa shape index (κ3) is 4.79. The van der Waals surface area contributed by atoms with Crippen molar-refractivity contribution >= 4 is 35.4 Å². The number of aromatic nitrogens is 3. The monoisotopic (exact) mass is 416 g/mol. The van der Waals surface area contributed by atoms with E-state index in [4.69, 9.17) is 28.6 Å². The fourth-order valence-corrected chi connectivity index (χ4v) is 3.12. The van der Waals surface area contributed by atoms with E-state index in [0.29, 0.717) is 34.5 Å². The van der Waals surface area contributed by atoms with Gasteiger partial charge >= 0.3 is 0 Å². The fraction of sp³-hybridized carbons (Fsp3) is 0.250. The number of ether oxygens (including phenoxy) is 1. The molecule has 0 spiro atoms. The molecule has 0 aliphatic carbocycles. The first-order valence-corrected chi connectivity index (χ1v) is 9.71. The molecular formula is C20H21ClN4O2S. The van der Waals surface area contributed by atoms with Crippen LogP contribution in [0.3, 0.4) is 0 Å². The van der Waals surface area contributed by atoms with Crippen molar-refractivity contribution in [3.05, 3.63) is 57.8 Å². The highest BCUT2D eigenvalue weighted by Crippen LogP contribution is 2.22. The lowest BCUT2D eigenvalue weighted by atomic mass is 10.2. The van der Waals surface area contributed by atoms with E-state index in [0.717, 1.165) is 16.9 Å². The molecule has 2 aromatic carbocycles. The number of carbonyl (C=O) groups excluding carboxylic acids is 1. The molecule has 1 amide bonds. The highest BCUT2D eigenvalue weighted by Gasteiger charge is 2.11. The second-order valence-corrected chi connectivity index (χ2v) is 7.02. The van der Waals surface area contributed by atoms with Gasteiger partial charge in [0.25, 0.3) is 0 Å². The molecule has 8 heteroatoms. The number of benzene rings is 2. The Hall–Kier alpha value is -2.64. The molecule has 0 bridgehead atoms. The maximum atomic E-state index is 12.3. The summed E-state index contributed by atoms with van der Waals surface area (Å²) in [5, 5.41) is 10.6. The average molecular weight is 417 g/mol. The van der Waals surface area contributed by atoms with Crippen molar-refractivity contribution in [1.82, 2.24) is 14.8 Å². The molecule has 28 heavy (non-hydrogen) atoms. The molecule has 0 radical (unpaired) electrons. The highest BCUT2D eigenvalue weighted by atomic mass is 35.5. The van der Waals surface area contributed by atoms with E-state index < -0.39 is 0 Å². The molecule has 3 aromatic rings. The molecule has 0 aliphatic heterocycles. The summed E-state index contributed by atoms with van der Waals surface area (Å²) < 4.78 is 7.75. The van der Waals surface area contributed by atoms with E-state index in [2.05, 4.69) is 15.5 Å². The molecule has 2 N–H and O–H groups in total. The first kappa shape index (κ1) is 20.1. The van der Waals surface area contributed by atoms with Crippen LogP contribution in [0.2, 0.25) is 5.02 Å². The lowest BCUT2D eigenvalue weighted by Crippen LogP contribution is -2.15. The molecule has 0 saturated carbocycles. The van der Waals surface area contributed by atoms with Gasteiger partial charge in [0.2, 0.25) is 5.91 Å². The summed E-state index contributed by atoms with van der Waals surface area (Å²) in [4.78, 5) is 12.3. The van der Waals surface area contributed by atoms with Gasteiger partial charge < -0.3 is 10.1 Å². The van der Waals surface area contributed by atoms with E-state index in [1.165, 1.54) is 0 Å². The van der Waals surface area contributed by atoms with Crippen molar-refractivity contribution in [1.29, 1.82) is 0 Å². The summed E-state index contributed by atoms with van der Waals surface area (Å²) in [6.07, 6.45) is 0.253. The van der Waals surface area contributed by atoms with E-state index in [-0.39, 0.29) is 12.3 Å². The first-order chi connectivity index (χ1) is 13.5. The molecule has 6 nitrogen and oxygen atoms in total. The van der Waals surface area contributed by atoms with Crippen molar-refractivity contribution in [3.8, 4) is 17.1 Å². The van der Waals surface area contributed by atoms with E-state index in [1.807, 2.05) is 54.8 Å². The fourth-order valence-electron chi connectivity index (χ4n) is 2.72. The van der Waals surface area contributed by atoms with Crippen LogP contribution >= 0.6 is 23.8 Å². The summed E-state index contributed by atoms with van der Waals surface area (Å²) in [5.74, 6) is 1.35. The smallest absolute Gasteiger partial charge is 0.226 e. The molecule has 1 heterocycles. The molecule has 1 aromatic heterocycles. The van der Waals surface area contributed by atoms with Gasteiger partial charge in [0.1, 0.15) is 5.75 Å². The van der Waals surface area contributed by atoms with E-state index >= 15 is 0 Å². The van der Waals surface area contributed by atoms with Crippen LogP contribution in [0, 0.1) is 11.7 Å². The van der Waals surface area contributed by atoms with E-state index in [9.17, 15) is 4.79 Å². The molecule has 0 fully saturated rings. The van der Waals surface area contributed by atoms with Crippen molar-refractivity contribution < 1.29 is 9.53 Å². The van der Waals surface area contributed by atoms with Crippen LogP contribution in [0.15, 0.2) is 42.5 Å². The minimum Gasteiger partial charge on any atom is -0.494 e. The van der Waals surface area contributed by atoms with Crippen LogP contribution in [0.5, 0.6) is 5.75 Å². The van der Waals surface area contributed by atoms with Gasteiger partial charge in [0.15, 0.2) is 10.6 Å². The largest absolute Gasteiger partial charge is 0.494 e. The summed E-state index contributed by atoms with van der Waals surface area (Å²) in [5.41, 5.74) is 2.52. The van der Waals surface area contributed by atoms with Gasteiger partial charge in [-0.05, 0) is 68.0 Å². The Morgan fingerprint density at radius 1 is 1.29 bits per heavy atom. The SMILES string of the molecule is CCOc1ccc(-c2n[nH]c(=S)n2CCC(=O)Nc2ccc(C)c(Cl)c2)cc1. The lowest BCUT2D eigenvalue weighted by Gasteiger charge is -2.09. The van der Waals surface area contributed by atoms with Gasteiger partial charge in [-0.1, -0.05) is 17.7 Å². The Labute approximate surface area is 173 Å². The van der Waals surface area contributed by atoms with Crippen molar-refractivity contribution in [3.63, 3.8) is 0 Å². The number of anilines is 1. The van der Waals surface area contributed by atoms with Gasteiger partial charge in [-0.15, -0.1) is 0 Å². The first-order valence-electron chi connectivity index (χ1n) is 8.92. The Balaban J connectivity index is 1.69. The van der Waals surface area contributed by atoms with Gasteiger partial charge in [0.05, 0.1) is 6.61 Å². The van der Waals surface area contributed by atoms with Crippen molar-refractivity contribution in [2.75, 3.05) is 11.9 Å². The lowest BCUT2D eigenvalue weighted by molar-refractivity contribution is -0.116. The van der Waals surface area contributed by atoms with Gasteiger partial charge in [-0.3, -0.25) is 14.5 Å². The van der Waals surface area contributed by atoms with Crippen molar-refractivity contribution in [2.45, 2.75) is 26.8 Å². The summed E-state index contributed by atoms with van der Waals surface area (Å²) >= 11 is 11.4. The average Bonchev–Trinajstić information content (AvgIpc) is 3.04. The number of rotatable bonds is 7. The van der Waals surface area contributed by atoms with E-state index in [1.54, 1.807) is 6.07 Å². The third-order valence-corrected chi connectivity index (χ3v) is 4.92. The molecule has 146 valence electrons. The number of nitrogens with one attached hydrogen (secondary N) is 2. The molecule has 0 unspecified atom stereocenters. The number of aryl methyl sites for hydroxylation is 1. The number of nitrogens with zero attached hydrogens (tertiary/aromatic N) is 2. The van der Waals surface area contributed by atoms with Crippen LogP contribution in [-0.4, -0.2) is 27.3 Å². The zero-order valence-electron chi connectivity index (χ0n) is 15.7. The van der Waals surface area contributed by atoms with Gasteiger partial charge in [-0.25, -0.2) is 0 Å². The third-order valence-electron chi connectivity index (χ3n) is 4.20. The quantitative estimate of drug-likeness (QED) is 0.532. The summed E-state index contributed by atoms with van der Waals surface area (Å²) in [7, 11) is 0. The zero-order valence-corrected chi connectivity index (χ0v) is 17.2. The number of hydrogen-bond acceptors (Lipinski definition) is 4. The summed E-state index contributed by atoms with van der Waals surface area (Å²) in [6.45, 7) is 4.87. The minimum absolute atomic E-state index is 0.124. The van der Waals surface area contributed by atoms with Gasteiger partial charge in [-0.2, -0.15) is 5.10 Å². The summed E-state index contributed by atoms with van der Waals surface area (Å²) in [6, 6.07) is 13.0. The number of carbonyl (C=O) groups is 1. The van der Waals surface area contributed by atoms with Crippen LogP contribution in [0.1, 0.15) is 18.9 Å². The zero-order chi connectivity index (χ0) is 20.1. The van der Waals surface area contributed by atoms with Crippen molar-refractivity contribution in [2.24, 2.45) is 0 Å². The van der Waals surface area contributed by atoms with Crippen LogP contribution in [0.4, 0.5) is 5.69 Å². The number of amides is 1. The standard InChI is InChI=1S/C20H21ClN4O2S/c1-3-27-16-8-5-14(6-9-16)19-23-24-20(28)25(19)11-10-18(26)22-15-7-4-13(2)17(21)12-15/h4-9,12H,3,10-11H2,1-2H3,(H,22,26)(H,24,28). The Bertz CT molecular complexity index is 1030. The number of H-pyrrole nitrogens is 1. The number of aromatic amines is 1. The highest BCUT2D eigenvalue weighted by molar-refractivity contribution is 7.71. The Morgan fingerprint density at radius 2 is 2.04 bits per heavy atom. The second-order valence-electron chi connectivity index (χ2n) is 6.22. The maximum absolute atomic E-state index is 12.3. The second kappa shape index (κ2) is 9.03. The van der Waals surface area contributed by atoms with Gasteiger partial charge in [0, 0.05) is 29.2 Å². The van der Waals surface area contributed by atoms with Crippen LogP contribution in [-0.2, 0) is 11.3 Å². The number of hydrogen-bond donors (Lipinski definition) is 2. The predicted octanol–water partition coefficient (Wildman–Crippen LogP) is 5.00. The maximum Gasteiger partial charge on any atom is 0.226 e. The molecular weight excluding hydrogens is 396 g/mol. The minimum atomic E-state index is -0.124. The normalized spacial score (nSPS) is 10.7. The molecule has 0 saturated heterocycles. The molecule has 0 atom stereocenters. The van der Waals surface area contributed by atoms with Crippen LogP contribution < -0.4 is 10.1 Å². The predicted molar refractivity (Wildman–Crippen MR) is 113 cm³/mol. The Morgan fingerprint density at radius 3 is 2.71 bits per heavy atom.